The van der Waals surface area contributed by atoms with Crippen LogP contribution in [-0.4, -0.2) is 24.2 Å². The van der Waals surface area contributed by atoms with E-state index in [2.05, 4.69) is 10.1 Å². The van der Waals surface area contributed by atoms with Crippen molar-refractivity contribution >= 4 is 23.2 Å². The van der Waals surface area contributed by atoms with Crippen LogP contribution in [0.15, 0.2) is 78.9 Å². The van der Waals surface area contributed by atoms with Gasteiger partial charge in [0.1, 0.15) is 11.8 Å². The molecule has 0 aliphatic carbocycles. The van der Waals surface area contributed by atoms with Crippen LogP contribution in [0.1, 0.15) is 15.9 Å². The molecule has 4 rings (SSSR count). The van der Waals surface area contributed by atoms with E-state index in [4.69, 9.17) is 0 Å². The van der Waals surface area contributed by atoms with Crippen LogP contribution in [0.5, 0.6) is 5.75 Å². The predicted molar refractivity (Wildman–Crippen MR) is 109 cm³/mol. The molecule has 0 unspecified atom stereocenters. The van der Waals surface area contributed by atoms with E-state index in [1.54, 1.807) is 42.5 Å². The van der Waals surface area contributed by atoms with Crippen molar-refractivity contribution in [3.63, 3.8) is 0 Å². The van der Waals surface area contributed by atoms with Gasteiger partial charge in [-0.25, -0.2) is 0 Å². The summed E-state index contributed by atoms with van der Waals surface area (Å²) in [6.07, 6.45) is -4.46. The van der Waals surface area contributed by atoms with Gasteiger partial charge in [-0.05, 0) is 48.0 Å². The second-order valence-electron chi connectivity index (χ2n) is 6.95. The lowest BCUT2D eigenvalue weighted by atomic mass is 10.1. The molecule has 0 fully saturated rings. The first-order chi connectivity index (χ1) is 14.8. The van der Waals surface area contributed by atoms with Crippen molar-refractivity contribution in [2.75, 3.05) is 10.2 Å². The van der Waals surface area contributed by atoms with Crippen LogP contribution < -0.4 is 15.0 Å². The number of halogens is 3. The number of hydrogen-bond donors (Lipinski definition) is 1. The molecule has 3 aromatic carbocycles. The number of carbonyl (C=O) groups excluding carboxylic acids is 2. The highest BCUT2D eigenvalue weighted by Gasteiger charge is 2.38. The zero-order valence-corrected chi connectivity index (χ0v) is 16.1. The van der Waals surface area contributed by atoms with Crippen molar-refractivity contribution < 1.29 is 27.5 Å². The van der Waals surface area contributed by atoms with E-state index in [1.807, 2.05) is 12.1 Å². The number of alkyl halides is 3. The van der Waals surface area contributed by atoms with Crippen LogP contribution in [0.3, 0.4) is 0 Å². The lowest BCUT2D eigenvalue weighted by Crippen LogP contribution is -2.45. The van der Waals surface area contributed by atoms with E-state index < -0.39 is 18.3 Å². The molecule has 0 spiro atoms. The van der Waals surface area contributed by atoms with Gasteiger partial charge in [-0.3, -0.25) is 14.5 Å². The summed E-state index contributed by atoms with van der Waals surface area (Å²) in [5, 5.41) is 2.68. The summed E-state index contributed by atoms with van der Waals surface area (Å²) >= 11 is 0. The lowest BCUT2D eigenvalue weighted by molar-refractivity contribution is -0.274. The Bertz CT molecular complexity index is 1100. The van der Waals surface area contributed by atoms with Crippen molar-refractivity contribution in [3.8, 4) is 5.75 Å². The molecule has 3 aromatic rings. The summed E-state index contributed by atoms with van der Waals surface area (Å²) in [5.74, 6) is -1.13. The molecule has 0 saturated carbocycles. The third-order valence-corrected chi connectivity index (χ3v) is 4.87. The normalized spacial score (nSPS) is 15.3. The minimum Gasteiger partial charge on any atom is -0.406 e. The Kier molecular flexibility index (Phi) is 5.37. The van der Waals surface area contributed by atoms with Crippen molar-refractivity contribution in [1.29, 1.82) is 0 Å². The van der Waals surface area contributed by atoms with Gasteiger partial charge in [-0.2, -0.15) is 0 Å². The van der Waals surface area contributed by atoms with E-state index in [-0.39, 0.29) is 11.7 Å². The molecule has 0 bridgehead atoms. The molecule has 0 aromatic heterocycles. The number of anilines is 2. The van der Waals surface area contributed by atoms with Gasteiger partial charge in [0.25, 0.3) is 5.91 Å². The molecule has 0 saturated heterocycles. The van der Waals surface area contributed by atoms with Crippen molar-refractivity contribution in [3.05, 3.63) is 90.0 Å². The Hall–Kier alpha value is -3.81. The van der Waals surface area contributed by atoms with Gasteiger partial charge in [0.15, 0.2) is 0 Å². The van der Waals surface area contributed by atoms with E-state index >= 15 is 0 Å². The minimum absolute atomic E-state index is 0.294. The fourth-order valence-electron chi connectivity index (χ4n) is 3.53. The molecule has 5 nitrogen and oxygen atoms in total. The summed E-state index contributed by atoms with van der Waals surface area (Å²) < 4.78 is 40.8. The number of fused-ring (bicyclic) bond motifs is 1. The molecule has 1 atom stereocenters. The molecule has 1 aliphatic heterocycles. The molecule has 1 N–H and O–H groups in total. The number of nitrogens with one attached hydrogen (secondary N) is 1. The van der Waals surface area contributed by atoms with Gasteiger partial charge < -0.3 is 10.1 Å². The molecule has 1 aliphatic rings. The van der Waals surface area contributed by atoms with Gasteiger partial charge in [-0.15, -0.1) is 13.2 Å². The lowest BCUT2D eigenvalue weighted by Gasteiger charge is -2.25. The highest BCUT2D eigenvalue weighted by atomic mass is 19.4. The van der Waals surface area contributed by atoms with E-state index in [0.717, 1.165) is 17.7 Å². The predicted octanol–water partition coefficient (Wildman–Crippen LogP) is 4.80. The molecule has 0 radical (unpaired) electrons. The van der Waals surface area contributed by atoms with Crippen LogP contribution in [0.4, 0.5) is 24.5 Å². The summed E-state index contributed by atoms with van der Waals surface area (Å²) in [6.45, 7) is 0. The highest BCUT2D eigenvalue weighted by Crippen LogP contribution is 2.34. The second-order valence-corrected chi connectivity index (χ2v) is 6.95. The zero-order valence-electron chi connectivity index (χ0n) is 16.1. The smallest absolute Gasteiger partial charge is 0.406 e. The number of rotatable bonds is 4. The zero-order chi connectivity index (χ0) is 22.0. The molecular weight excluding hydrogens is 409 g/mol. The molecular formula is C23H17F3N2O3. The van der Waals surface area contributed by atoms with E-state index in [1.165, 1.54) is 17.0 Å². The SMILES string of the molecule is O=C(Nc1ccc(OC(F)(F)F)cc1)[C@@H]1Cc2ccccc2N1C(=O)c1ccccc1. The highest BCUT2D eigenvalue weighted by molar-refractivity contribution is 6.13. The van der Waals surface area contributed by atoms with Gasteiger partial charge in [0.2, 0.25) is 5.91 Å². The summed E-state index contributed by atoms with van der Waals surface area (Å²) in [4.78, 5) is 27.7. The quantitative estimate of drug-likeness (QED) is 0.652. The minimum atomic E-state index is -4.79. The fourth-order valence-corrected chi connectivity index (χ4v) is 3.53. The number of para-hydroxylation sites is 1. The van der Waals surface area contributed by atoms with Gasteiger partial charge in [0, 0.05) is 23.4 Å². The van der Waals surface area contributed by atoms with Crippen molar-refractivity contribution in [1.82, 2.24) is 0 Å². The van der Waals surface area contributed by atoms with E-state index in [9.17, 15) is 22.8 Å². The summed E-state index contributed by atoms with van der Waals surface area (Å²) in [6, 6.07) is 20.0. The summed E-state index contributed by atoms with van der Waals surface area (Å²) in [7, 11) is 0. The third-order valence-electron chi connectivity index (χ3n) is 4.87. The molecule has 31 heavy (non-hydrogen) atoms. The Morgan fingerprint density at radius 2 is 1.55 bits per heavy atom. The Morgan fingerprint density at radius 3 is 2.23 bits per heavy atom. The van der Waals surface area contributed by atoms with Crippen molar-refractivity contribution in [2.45, 2.75) is 18.8 Å². The third kappa shape index (κ3) is 4.53. The largest absolute Gasteiger partial charge is 0.573 e. The topological polar surface area (TPSA) is 58.6 Å². The molecule has 1 heterocycles. The summed E-state index contributed by atoms with van der Waals surface area (Å²) in [5.41, 5.74) is 2.26. The van der Waals surface area contributed by atoms with Crippen LogP contribution in [-0.2, 0) is 11.2 Å². The maximum absolute atomic E-state index is 13.2. The van der Waals surface area contributed by atoms with Gasteiger partial charge in [0.05, 0.1) is 0 Å². The number of amides is 2. The Balaban J connectivity index is 1.56. The van der Waals surface area contributed by atoms with Crippen LogP contribution in [0.2, 0.25) is 0 Å². The second kappa shape index (κ2) is 8.14. The maximum atomic E-state index is 13.2. The fraction of sp³-hybridized carbons (Fsp3) is 0.130. The molecule has 158 valence electrons. The molecule has 8 heteroatoms. The standard InChI is InChI=1S/C23H17F3N2O3/c24-23(25,26)31-18-12-10-17(11-13-18)27-21(29)20-14-16-8-4-5-9-19(16)28(20)22(30)15-6-2-1-3-7-15/h1-13,20H,14H2,(H,27,29)/t20-/m0/s1. The number of nitrogens with zero attached hydrogens (tertiary/aromatic N) is 1. The van der Waals surface area contributed by atoms with Gasteiger partial charge >= 0.3 is 6.36 Å². The Morgan fingerprint density at radius 1 is 0.903 bits per heavy atom. The van der Waals surface area contributed by atoms with Crippen LogP contribution >= 0.6 is 0 Å². The maximum Gasteiger partial charge on any atom is 0.573 e. The molecule has 2 amide bonds. The van der Waals surface area contributed by atoms with Crippen LogP contribution in [0, 0.1) is 0 Å². The Labute approximate surface area is 176 Å². The number of hydrogen-bond acceptors (Lipinski definition) is 3. The first-order valence-corrected chi connectivity index (χ1v) is 9.45. The number of benzene rings is 3. The average molecular weight is 426 g/mol. The average Bonchev–Trinajstić information content (AvgIpc) is 3.14. The van der Waals surface area contributed by atoms with E-state index in [0.29, 0.717) is 23.4 Å². The monoisotopic (exact) mass is 426 g/mol. The first kappa shape index (κ1) is 20.5. The first-order valence-electron chi connectivity index (χ1n) is 9.45. The van der Waals surface area contributed by atoms with Crippen molar-refractivity contribution in [2.24, 2.45) is 0 Å². The number of ether oxygens (including phenoxy) is 1. The number of carbonyl (C=O) groups is 2. The van der Waals surface area contributed by atoms with Gasteiger partial charge in [-0.1, -0.05) is 36.4 Å². The van der Waals surface area contributed by atoms with Crippen LogP contribution in [0.25, 0.3) is 0 Å².